The Hall–Kier alpha value is -1.60. The van der Waals surface area contributed by atoms with Crippen LogP contribution in [0.5, 0.6) is 0 Å². The van der Waals surface area contributed by atoms with E-state index >= 15 is 0 Å². The summed E-state index contributed by atoms with van der Waals surface area (Å²) in [6.45, 7) is 0. The second kappa shape index (κ2) is 5.36. The minimum absolute atomic E-state index is 0.194. The molecule has 0 saturated heterocycles. The zero-order valence-electron chi connectivity index (χ0n) is 8.78. The summed E-state index contributed by atoms with van der Waals surface area (Å²) >= 11 is 6.36. The first-order chi connectivity index (χ1) is 8.60. The number of aromatic nitrogens is 2. The van der Waals surface area contributed by atoms with E-state index < -0.39 is 17.5 Å². The molecular weight excluding hydrogens is 284 g/mol. The first-order valence-corrected chi connectivity index (χ1v) is 6.10. The highest BCUT2D eigenvalue weighted by Crippen LogP contribution is 2.27. The summed E-state index contributed by atoms with van der Waals surface area (Å²) in [6.07, 6.45) is 0. The number of nitrogens with zero attached hydrogens (tertiary/aromatic N) is 2. The average molecular weight is 290 g/mol. The van der Waals surface area contributed by atoms with Gasteiger partial charge in [0.2, 0.25) is 11.0 Å². The lowest BCUT2D eigenvalue weighted by Gasteiger charge is -1.96. The van der Waals surface area contributed by atoms with Crippen LogP contribution in [0.3, 0.4) is 0 Å². The number of carbonyl (C=O) groups excluding carboxylic acids is 1. The molecule has 8 heteroatoms. The molecule has 0 atom stereocenters. The van der Waals surface area contributed by atoms with Gasteiger partial charge in [-0.2, -0.15) is 0 Å². The monoisotopic (exact) mass is 289 g/mol. The van der Waals surface area contributed by atoms with Crippen molar-refractivity contribution in [2.75, 3.05) is 11.2 Å². The summed E-state index contributed by atoms with van der Waals surface area (Å²) in [7, 11) is 0. The van der Waals surface area contributed by atoms with E-state index in [1.54, 1.807) is 0 Å². The molecule has 18 heavy (non-hydrogen) atoms. The van der Waals surface area contributed by atoms with Gasteiger partial charge in [-0.15, -0.1) is 21.8 Å². The van der Waals surface area contributed by atoms with Crippen LogP contribution >= 0.6 is 22.9 Å². The second-order valence-electron chi connectivity index (χ2n) is 3.22. The number of hydrogen-bond acceptors (Lipinski definition) is 4. The number of alkyl halides is 1. The number of carbonyl (C=O) groups is 1. The van der Waals surface area contributed by atoms with E-state index in [9.17, 15) is 13.6 Å². The van der Waals surface area contributed by atoms with E-state index in [0.717, 1.165) is 23.5 Å². The van der Waals surface area contributed by atoms with Crippen molar-refractivity contribution in [2.45, 2.75) is 0 Å². The van der Waals surface area contributed by atoms with Gasteiger partial charge in [0, 0.05) is 5.56 Å². The van der Waals surface area contributed by atoms with E-state index in [0.29, 0.717) is 10.6 Å². The summed E-state index contributed by atoms with van der Waals surface area (Å²) in [5, 5.41) is 10.5. The molecule has 0 aliphatic carbocycles. The number of rotatable bonds is 3. The fraction of sp³-hybridized carbons (Fsp3) is 0.100. The standard InChI is InChI=1S/C10H6ClF2N3OS/c11-4-8(17)14-10-16-15-9(18-10)5-1-2-6(12)7(13)3-5/h1-3H,4H2,(H,14,16,17). The fourth-order valence-electron chi connectivity index (χ4n) is 1.17. The van der Waals surface area contributed by atoms with E-state index in [-0.39, 0.29) is 11.0 Å². The summed E-state index contributed by atoms with van der Waals surface area (Å²) in [4.78, 5) is 11.0. The quantitative estimate of drug-likeness (QED) is 0.884. The molecule has 4 nitrogen and oxygen atoms in total. The summed E-state index contributed by atoms with van der Waals surface area (Å²) < 4.78 is 25.8. The van der Waals surface area contributed by atoms with E-state index in [1.165, 1.54) is 6.07 Å². The summed E-state index contributed by atoms with van der Waals surface area (Å²) in [5.41, 5.74) is 0.387. The lowest BCUT2D eigenvalue weighted by atomic mass is 10.2. The van der Waals surface area contributed by atoms with Gasteiger partial charge < -0.3 is 0 Å². The smallest absolute Gasteiger partial charge is 0.241 e. The zero-order chi connectivity index (χ0) is 13.1. The van der Waals surface area contributed by atoms with Crippen molar-refractivity contribution < 1.29 is 13.6 Å². The molecule has 2 aromatic rings. The van der Waals surface area contributed by atoms with E-state index in [1.807, 2.05) is 0 Å². The first kappa shape index (κ1) is 12.8. The lowest BCUT2D eigenvalue weighted by Crippen LogP contribution is -2.12. The van der Waals surface area contributed by atoms with Crippen LogP contribution in [0.15, 0.2) is 18.2 Å². The Kier molecular flexibility index (Phi) is 3.83. The Bertz CT molecular complexity index is 590. The van der Waals surface area contributed by atoms with Crippen LogP contribution in [0.1, 0.15) is 0 Å². The van der Waals surface area contributed by atoms with Gasteiger partial charge in [0.1, 0.15) is 10.9 Å². The number of nitrogens with one attached hydrogen (secondary N) is 1. The largest absolute Gasteiger partial charge is 0.299 e. The number of anilines is 1. The van der Waals surface area contributed by atoms with Crippen LogP contribution in [0.2, 0.25) is 0 Å². The van der Waals surface area contributed by atoms with Gasteiger partial charge in [-0.3, -0.25) is 10.1 Å². The fourth-order valence-corrected chi connectivity index (χ4v) is 2.00. The number of benzene rings is 1. The molecule has 0 radical (unpaired) electrons. The highest BCUT2D eigenvalue weighted by molar-refractivity contribution is 7.18. The second-order valence-corrected chi connectivity index (χ2v) is 4.47. The molecule has 0 bridgehead atoms. The van der Waals surface area contributed by atoms with Gasteiger partial charge in [-0.1, -0.05) is 11.3 Å². The van der Waals surface area contributed by atoms with Gasteiger partial charge in [0.25, 0.3) is 0 Å². The minimum Gasteiger partial charge on any atom is -0.299 e. The highest BCUT2D eigenvalue weighted by Gasteiger charge is 2.11. The Morgan fingerprint density at radius 2 is 2.11 bits per heavy atom. The number of halogens is 3. The highest BCUT2D eigenvalue weighted by atomic mass is 35.5. The molecule has 0 aliphatic heterocycles. The van der Waals surface area contributed by atoms with Crippen LogP contribution in [0, 0.1) is 11.6 Å². The summed E-state index contributed by atoms with van der Waals surface area (Å²) in [6, 6.07) is 3.40. The Morgan fingerprint density at radius 1 is 1.33 bits per heavy atom. The molecule has 0 saturated carbocycles. The van der Waals surface area contributed by atoms with Crippen LogP contribution < -0.4 is 5.32 Å². The van der Waals surface area contributed by atoms with Gasteiger partial charge in [-0.05, 0) is 18.2 Å². The summed E-state index contributed by atoms with van der Waals surface area (Å²) in [5.74, 6) is -2.50. The SMILES string of the molecule is O=C(CCl)Nc1nnc(-c2ccc(F)c(F)c2)s1. The number of amides is 1. The molecule has 1 aromatic heterocycles. The minimum atomic E-state index is -0.964. The third-order valence-corrected chi connectivity index (χ3v) is 3.09. The van der Waals surface area contributed by atoms with Crippen molar-refractivity contribution in [1.82, 2.24) is 10.2 Å². The Labute approximate surface area is 110 Å². The predicted molar refractivity (Wildman–Crippen MR) is 64.6 cm³/mol. The van der Waals surface area contributed by atoms with Gasteiger partial charge in [0.05, 0.1) is 0 Å². The molecule has 1 N–H and O–H groups in total. The van der Waals surface area contributed by atoms with Crippen LogP contribution in [-0.2, 0) is 4.79 Å². The molecule has 0 aliphatic rings. The molecule has 2 rings (SSSR count). The van der Waals surface area contributed by atoms with Crippen molar-refractivity contribution in [3.63, 3.8) is 0 Å². The van der Waals surface area contributed by atoms with Crippen molar-refractivity contribution in [1.29, 1.82) is 0 Å². The topological polar surface area (TPSA) is 54.9 Å². The molecule has 0 fully saturated rings. The van der Waals surface area contributed by atoms with Gasteiger partial charge in [-0.25, -0.2) is 8.78 Å². The van der Waals surface area contributed by atoms with Gasteiger partial charge in [0.15, 0.2) is 11.6 Å². The zero-order valence-corrected chi connectivity index (χ0v) is 10.4. The Balaban J connectivity index is 2.23. The third-order valence-electron chi connectivity index (χ3n) is 1.96. The molecular formula is C10H6ClF2N3OS. The lowest BCUT2D eigenvalue weighted by molar-refractivity contribution is -0.113. The maximum atomic E-state index is 13.0. The van der Waals surface area contributed by atoms with E-state index in [2.05, 4.69) is 15.5 Å². The van der Waals surface area contributed by atoms with Crippen molar-refractivity contribution in [3.05, 3.63) is 29.8 Å². The normalized spacial score (nSPS) is 10.4. The third kappa shape index (κ3) is 2.80. The molecule has 1 heterocycles. The molecule has 0 spiro atoms. The van der Waals surface area contributed by atoms with Crippen molar-refractivity contribution in [3.8, 4) is 10.6 Å². The molecule has 1 aromatic carbocycles. The average Bonchev–Trinajstić information content (AvgIpc) is 2.81. The van der Waals surface area contributed by atoms with Crippen LogP contribution in [0.4, 0.5) is 13.9 Å². The van der Waals surface area contributed by atoms with Gasteiger partial charge >= 0.3 is 0 Å². The Morgan fingerprint density at radius 3 is 2.78 bits per heavy atom. The maximum Gasteiger partial charge on any atom is 0.241 e. The van der Waals surface area contributed by atoms with Crippen molar-refractivity contribution >= 4 is 34.0 Å². The van der Waals surface area contributed by atoms with Crippen LogP contribution in [-0.4, -0.2) is 22.0 Å². The molecule has 94 valence electrons. The predicted octanol–water partition coefficient (Wildman–Crippen LogP) is 2.66. The van der Waals surface area contributed by atoms with Crippen LogP contribution in [0.25, 0.3) is 10.6 Å². The molecule has 0 unspecified atom stereocenters. The van der Waals surface area contributed by atoms with E-state index in [4.69, 9.17) is 11.6 Å². The van der Waals surface area contributed by atoms with Crippen molar-refractivity contribution in [2.24, 2.45) is 0 Å². The molecule has 1 amide bonds. The first-order valence-electron chi connectivity index (χ1n) is 4.75. The number of hydrogen-bond donors (Lipinski definition) is 1. The maximum absolute atomic E-state index is 13.0.